The number of aromatic carboxylic acids is 1. The highest BCUT2D eigenvalue weighted by Gasteiger charge is 2.23. The number of carbonyl (C=O) groups is 2. The van der Waals surface area contributed by atoms with Crippen molar-refractivity contribution >= 4 is 28.5 Å². The Morgan fingerprint density at radius 3 is 2.76 bits per heavy atom. The minimum Gasteiger partial charge on any atom is -0.491 e. The van der Waals surface area contributed by atoms with Crippen LogP contribution >= 0.6 is 0 Å². The number of aromatic nitrogens is 1. The van der Waals surface area contributed by atoms with Crippen molar-refractivity contribution in [3.63, 3.8) is 0 Å². The van der Waals surface area contributed by atoms with Crippen LogP contribution in [0.4, 0.5) is 5.69 Å². The third-order valence-corrected chi connectivity index (χ3v) is 5.05. The van der Waals surface area contributed by atoms with Gasteiger partial charge in [-0.1, -0.05) is 12.1 Å². The number of nitrogens with one attached hydrogen (secondary N) is 1. The first-order chi connectivity index (χ1) is 14.0. The van der Waals surface area contributed by atoms with Crippen LogP contribution in [0.3, 0.4) is 0 Å². The molecule has 146 valence electrons. The number of amides is 1. The molecule has 7 heteroatoms. The highest BCUT2D eigenvalue weighted by atomic mass is 16.5. The van der Waals surface area contributed by atoms with Gasteiger partial charge in [-0.25, -0.2) is 4.79 Å². The van der Waals surface area contributed by atoms with E-state index >= 15 is 0 Å². The van der Waals surface area contributed by atoms with Crippen molar-refractivity contribution in [3.05, 3.63) is 59.3 Å². The number of nitrogens with zero attached hydrogens (tertiary/aromatic N) is 2. The number of carboxylic acid groups (broad SMARTS) is 1. The largest absolute Gasteiger partial charge is 0.491 e. The molecular formula is C22H19N3O4. The van der Waals surface area contributed by atoms with Gasteiger partial charge in [0.2, 0.25) is 0 Å². The second-order valence-corrected chi connectivity index (χ2v) is 7.17. The Labute approximate surface area is 167 Å². The molecule has 0 unspecified atom stereocenters. The van der Waals surface area contributed by atoms with Crippen LogP contribution < -0.4 is 10.1 Å². The van der Waals surface area contributed by atoms with E-state index in [1.165, 1.54) is 31.0 Å². The first-order valence-corrected chi connectivity index (χ1v) is 9.28. The predicted molar refractivity (Wildman–Crippen MR) is 107 cm³/mol. The third-order valence-electron chi connectivity index (χ3n) is 5.05. The molecule has 4 rings (SSSR count). The number of para-hydroxylation sites is 1. The van der Waals surface area contributed by atoms with Gasteiger partial charge in [-0.2, -0.15) is 5.26 Å². The Kier molecular flexibility index (Phi) is 4.69. The van der Waals surface area contributed by atoms with Crippen LogP contribution in [-0.2, 0) is 7.05 Å². The van der Waals surface area contributed by atoms with Gasteiger partial charge in [0.05, 0.1) is 35.0 Å². The Morgan fingerprint density at radius 2 is 2.07 bits per heavy atom. The summed E-state index contributed by atoms with van der Waals surface area (Å²) in [4.78, 5) is 24.4. The average molecular weight is 389 g/mol. The number of hydrogen-bond acceptors (Lipinski definition) is 4. The van der Waals surface area contributed by atoms with Gasteiger partial charge in [0.25, 0.3) is 5.91 Å². The zero-order valence-electron chi connectivity index (χ0n) is 15.8. The maximum atomic E-state index is 12.9. The van der Waals surface area contributed by atoms with Crippen LogP contribution in [0.5, 0.6) is 5.75 Å². The lowest BCUT2D eigenvalue weighted by Gasteiger charge is -2.11. The Balaban J connectivity index is 1.66. The molecule has 7 nitrogen and oxygen atoms in total. The fourth-order valence-electron chi connectivity index (χ4n) is 3.29. The minimum absolute atomic E-state index is 0.135. The average Bonchev–Trinajstić information content (AvgIpc) is 3.48. The zero-order valence-corrected chi connectivity index (χ0v) is 15.8. The number of carboxylic acids is 1. The van der Waals surface area contributed by atoms with Gasteiger partial charge < -0.3 is 19.7 Å². The van der Waals surface area contributed by atoms with E-state index in [4.69, 9.17) is 10.00 Å². The number of anilines is 1. The van der Waals surface area contributed by atoms with E-state index in [1.54, 1.807) is 17.7 Å². The van der Waals surface area contributed by atoms with Crippen LogP contribution in [0.2, 0.25) is 0 Å². The van der Waals surface area contributed by atoms with Crippen molar-refractivity contribution in [1.82, 2.24) is 4.57 Å². The fourth-order valence-corrected chi connectivity index (χ4v) is 3.29. The van der Waals surface area contributed by atoms with Gasteiger partial charge in [0.15, 0.2) is 0 Å². The van der Waals surface area contributed by atoms with Crippen molar-refractivity contribution in [1.29, 1.82) is 5.26 Å². The number of nitriles is 1. The van der Waals surface area contributed by atoms with E-state index in [9.17, 15) is 14.7 Å². The number of fused-ring (bicyclic) bond motifs is 1. The monoisotopic (exact) mass is 389 g/mol. The zero-order chi connectivity index (χ0) is 20.5. The first kappa shape index (κ1) is 18.6. The molecule has 2 aromatic carbocycles. The predicted octanol–water partition coefficient (Wildman–Crippen LogP) is 3.79. The van der Waals surface area contributed by atoms with Gasteiger partial charge in [0.1, 0.15) is 11.4 Å². The van der Waals surface area contributed by atoms with Crippen LogP contribution in [0.15, 0.2) is 42.5 Å². The molecule has 0 spiro atoms. The Morgan fingerprint density at radius 1 is 1.28 bits per heavy atom. The van der Waals surface area contributed by atoms with Crippen molar-refractivity contribution < 1.29 is 19.4 Å². The van der Waals surface area contributed by atoms with Crippen molar-refractivity contribution in [2.24, 2.45) is 13.0 Å². The van der Waals surface area contributed by atoms with Crippen LogP contribution in [0, 0.1) is 17.2 Å². The Bertz CT molecular complexity index is 1170. The lowest BCUT2D eigenvalue weighted by Crippen LogP contribution is -2.17. The number of carbonyl (C=O) groups excluding carboxylic acids is 1. The summed E-state index contributed by atoms with van der Waals surface area (Å²) in [7, 11) is 1.78. The SMILES string of the molecule is Cn1c(C(=O)Nc2ccc(C#N)cc2C(=O)O)cc2cccc(OCC3CC3)c21. The van der Waals surface area contributed by atoms with E-state index in [2.05, 4.69) is 5.32 Å². The summed E-state index contributed by atoms with van der Waals surface area (Å²) >= 11 is 0. The molecule has 1 aliphatic carbocycles. The van der Waals surface area contributed by atoms with Crippen molar-refractivity contribution in [3.8, 4) is 11.8 Å². The molecule has 0 aliphatic heterocycles. The van der Waals surface area contributed by atoms with E-state index in [0.29, 0.717) is 18.2 Å². The lowest BCUT2D eigenvalue weighted by molar-refractivity contribution is 0.0698. The van der Waals surface area contributed by atoms with E-state index in [-0.39, 0.29) is 16.8 Å². The third kappa shape index (κ3) is 3.65. The molecule has 1 heterocycles. The van der Waals surface area contributed by atoms with E-state index in [0.717, 1.165) is 16.7 Å². The van der Waals surface area contributed by atoms with Crippen LogP contribution in [0.1, 0.15) is 39.3 Å². The fraction of sp³-hybridized carbons (Fsp3) is 0.227. The number of benzene rings is 2. The van der Waals surface area contributed by atoms with Crippen LogP contribution in [-0.4, -0.2) is 28.2 Å². The summed E-state index contributed by atoms with van der Waals surface area (Å²) in [5, 5.41) is 21.9. The molecule has 1 saturated carbocycles. The maximum absolute atomic E-state index is 12.9. The van der Waals surface area contributed by atoms with Gasteiger partial charge in [0, 0.05) is 12.4 Å². The maximum Gasteiger partial charge on any atom is 0.337 e. The second-order valence-electron chi connectivity index (χ2n) is 7.17. The molecule has 1 amide bonds. The number of hydrogen-bond donors (Lipinski definition) is 2. The number of ether oxygens (including phenoxy) is 1. The minimum atomic E-state index is -1.22. The molecule has 3 aromatic rings. The number of aryl methyl sites for hydroxylation is 1. The molecule has 0 saturated heterocycles. The second kappa shape index (κ2) is 7.32. The van der Waals surface area contributed by atoms with Crippen LogP contribution in [0.25, 0.3) is 10.9 Å². The van der Waals surface area contributed by atoms with Gasteiger partial charge >= 0.3 is 5.97 Å². The summed E-state index contributed by atoms with van der Waals surface area (Å²) in [6, 6.07) is 13.4. The quantitative estimate of drug-likeness (QED) is 0.667. The summed E-state index contributed by atoms with van der Waals surface area (Å²) in [5.41, 5.74) is 1.41. The van der Waals surface area contributed by atoms with E-state index < -0.39 is 11.9 Å². The standard InChI is InChI=1S/C22H19N3O4/c1-25-18(10-15-3-2-4-19(20(15)25)29-12-13-5-6-13)21(26)24-17-8-7-14(11-23)9-16(17)22(27)28/h2-4,7-10,13H,5-6,12H2,1H3,(H,24,26)(H,27,28). The topological polar surface area (TPSA) is 104 Å². The molecule has 29 heavy (non-hydrogen) atoms. The molecule has 0 bridgehead atoms. The normalized spacial score (nSPS) is 13.1. The first-order valence-electron chi connectivity index (χ1n) is 9.28. The van der Waals surface area contributed by atoms with E-state index in [1.807, 2.05) is 24.3 Å². The molecule has 1 aliphatic rings. The summed E-state index contributed by atoms with van der Waals surface area (Å²) in [6.45, 7) is 0.666. The molecule has 1 aromatic heterocycles. The Hall–Kier alpha value is -3.79. The molecular weight excluding hydrogens is 370 g/mol. The lowest BCUT2D eigenvalue weighted by atomic mass is 10.1. The summed E-state index contributed by atoms with van der Waals surface area (Å²) in [5.74, 6) is -0.325. The molecule has 2 N–H and O–H groups in total. The highest BCUT2D eigenvalue weighted by molar-refractivity contribution is 6.09. The molecule has 1 fully saturated rings. The highest BCUT2D eigenvalue weighted by Crippen LogP contribution is 2.33. The van der Waals surface area contributed by atoms with Gasteiger partial charge in [-0.15, -0.1) is 0 Å². The van der Waals surface area contributed by atoms with Crippen molar-refractivity contribution in [2.45, 2.75) is 12.8 Å². The summed E-state index contributed by atoms with van der Waals surface area (Å²) < 4.78 is 7.70. The summed E-state index contributed by atoms with van der Waals surface area (Å²) in [6.07, 6.45) is 2.38. The van der Waals surface area contributed by atoms with Gasteiger partial charge in [-0.3, -0.25) is 4.79 Å². The molecule has 0 atom stereocenters. The molecule has 0 radical (unpaired) electrons. The number of rotatable bonds is 6. The van der Waals surface area contributed by atoms with Crippen molar-refractivity contribution in [2.75, 3.05) is 11.9 Å². The smallest absolute Gasteiger partial charge is 0.337 e. The van der Waals surface area contributed by atoms with Gasteiger partial charge in [-0.05, 0) is 49.1 Å².